The second-order valence-electron chi connectivity index (χ2n) is 2.86. The Hall–Kier alpha value is -0.310. The van der Waals surface area contributed by atoms with Crippen molar-refractivity contribution in [1.82, 2.24) is 9.78 Å². The maximum atomic E-state index is 4.17. The van der Waals surface area contributed by atoms with Gasteiger partial charge in [0.2, 0.25) is 0 Å². The molecule has 0 amide bonds. The van der Waals surface area contributed by atoms with Gasteiger partial charge in [0.05, 0.1) is 6.20 Å². The molecule has 0 spiro atoms. The first-order chi connectivity index (χ1) is 5.11. The van der Waals surface area contributed by atoms with E-state index in [0.717, 1.165) is 6.42 Å². The lowest BCUT2D eigenvalue weighted by Gasteiger charge is -2.01. The first kappa shape index (κ1) is 8.78. The van der Waals surface area contributed by atoms with Crippen LogP contribution in [0.5, 0.6) is 0 Å². The molecule has 3 heteroatoms. The molecule has 1 aromatic heterocycles. The number of alkyl halides is 1. The van der Waals surface area contributed by atoms with Gasteiger partial charge in [0.25, 0.3) is 0 Å². The Morgan fingerprint density at radius 2 is 2.36 bits per heavy atom. The van der Waals surface area contributed by atoms with Crippen molar-refractivity contribution in [3.63, 3.8) is 0 Å². The van der Waals surface area contributed by atoms with E-state index in [1.54, 1.807) is 0 Å². The molecule has 0 aromatic carbocycles. The van der Waals surface area contributed by atoms with Crippen LogP contribution in [0.1, 0.15) is 18.2 Å². The summed E-state index contributed by atoms with van der Waals surface area (Å²) in [4.78, 5) is 0.533. The summed E-state index contributed by atoms with van der Waals surface area (Å²) in [7, 11) is 1.97. The lowest BCUT2D eigenvalue weighted by Crippen LogP contribution is -1.99. The van der Waals surface area contributed by atoms with E-state index in [1.165, 1.54) is 11.3 Å². The van der Waals surface area contributed by atoms with Gasteiger partial charge in [0.15, 0.2) is 0 Å². The maximum absolute atomic E-state index is 4.17. The third-order valence-corrected chi connectivity index (χ3v) is 2.16. The topological polar surface area (TPSA) is 17.8 Å². The van der Waals surface area contributed by atoms with Gasteiger partial charge < -0.3 is 0 Å². The van der Waals surface area contributed by atoms with Gasteiger partial charge in [-0.1, -0.05) is 22.9 Å². The second kappa shape index (κ2) is 3.39. The Balaban J connectivity index is 2.79. The van der Waals surface area contributed by atoms with Gasteiger partial charge in [-0.25, -0.2) is 0 Å². The first-order valence-electron chi connectivity index (χ1n) is 3.73. The van der Waals surface area contributed by atoms with Crippen LogP contribution >= 0.6 is 15.9 Å². The summed E-state index contributed by atoms with van der Waals surface area (Å²) in [6.07, 6.45) is 2.99. The van der Waals surface area contributed by atoms with Crippen LogP contribution in [0.4, 0.5) is 0 Å². The van der Waals surface area contributed by atoms with E-state index in [9.17, 15) is 0 Å². The van der Waals surface area contributed by atoms with Gasteiger partial charge in [-0.15, -0.1) is 0 Å². The zero-order chi connectivity index (χ0) is 8.43. The van der Waals surface area contributed by atoms with Gasteiger partial charge in [-0.05, 0) is 18.9 Å². The summed E-state index contributed by atoms with van der Waals surface area (Å²) in [6, 6.07) is 0. The van der Waals surface area contributed by atoms with Crippen LogP contribution in [0.2, 0.25) is 0 Å². The van der Waals surface area contributed by atoms with E-state index < -0.39 is 0 Å². The summed E-state index contributed by atoms with van der Waals surface area (Å²) in [5.74, 6) is 0. The third kappa shape index (κ3) is 2.06. The minimum Gasteiger partial charge on any atom is -0.273 e. The fourth-order valence-electron chi connectivity index (χ4n) is 1.05. The quantitative estimate of drug-likeness (QED) is 0.693. The number of hydrogen-bond donors (Lipinski definition) is 0. The van der Waals surface area contributed by atoms with Crippen LogP contribution in [-0.2, 0) is 13.5 Å². The van der Waals surface area contributed by atoms with E-state index in [-0.39, 0.29) is 0 Å². The molecule has 0 aliphatic rings. The van der Waals surface area contributed by atoms with E-state index in [2.05, 4.69) is 34.9 Å². The third-order valence-electron chi connectivity index (χ3n) is 1.84. The average molecular weight is 217 g/mol. The summed E-state index contributed by atoms with van der Waals surface area (Å²) < 4.78 is 1.91. The smallest absolute Gasteiger partial charge is 0.0524 e. The lowest BCUT2D eigenvalue weighted by atomic mass is 10.1. The standard InChI is InChI=1S/C8H13BrN2/c1-6(9)4-8-5-10-11(3)7(8)2/h5-6H,4H2,1-3H3. The van der Waals surface area contributed by atoms with Crippen LogP contribution in [0.3, 0.4) is 0 Å². The minimum atomic E-state index is 0.533. The maximum Gasteiger partial charge on any atom is 0.0524 e. The van der Waals surface area contributed by atoms with Gasteiger partial charge in [-0.2, -0.15) is 5.10 Å². The molecule has 62 valence electrons. The summed E-state index contributed by atoms with van der Waals surface area (Å²) in [6.45, 7) is 4.24. The Bertz CT molecular complexity index is 240. The second-order valence-corrected chi connectivity index (χ2v) is 4.43. The van der Waals surface area contributed by atoms with E-state index >= 15 is 0 Å². The molecule has 0 aliphatic heterocycles. The molecule has 0 radical (unpaired) electrons. The molecule has 1 aromatic rings. The van der Waals surface area contributed by atoms with Gasteiger partial charge in [0.1, 0.15) is 0 Å². The van der Waals surface area contributed by atoms with Crippen molar-refractivity contribution < 1.29 is 0 Å². The van der Waals surface area contributed by atoms with Crippen molar-refractivity contribution in [3.8, 4) is 0 Å². The Kier molecular flexibility index (Phi) is 2.71. The van der Waals surface area contributed by atoms with E-state index in [1.807, 2.05) is 17.9 Å². The van der Waals surface area contributed by atoms with Crippen LogP contribution in [0.25, 0.3) is 0 Å². The van der Waals surface area contributed by atoms with Crippen molar-refractivity contribution in [2.75, 3.05) is 0 Å². The summed E-state index contributed by atoms with van der Waals surface area (Å²) >= 11 is 3.52. The molecule has 1 atom stereocenters. The lowest BCUT2D eigenvalue weighted by molar-refractivity contribution is 0.737. The monoisotopic (exact) mass is 216 g/mol. The molecule has 0 aliphatic carbocycles. The SMILES string of the molecule is Cc1c(CC(C)Br)cnn1C. The normalized spacial score (nSPS) is 13.5. The predicted octanol–water partition coefficient (Wildman–Crippen LogP) is 2.05. The molecule has 1 heterocycles. The van der Waals surface area contributed by atoms with Crippen LogP contribution in [0.15, 0.2) is 6.20 Å². The summed E-state index contributed by atoms with van der Waals surface area (Å²) in [5.41, 5.74) is 2.59. The predicted molar refractivity (Wildman–Crippen MR) is 50.0 cm³/mol. The largest absolute Gasteiger partial charge is 0.273 e. The fraction of sp³-hybridized carbons (Fsp3) is 0.625. The molecule has 0 saturated heterocycles. The van der Waals surface area contributed by atoms with E-state index in [0.29, 0.717) is 4.83 Å². The Morgan fingerprint density at radius 3 is 2.73 bits per heavy atom. The molecule has 0 fully saturated rings. The van der Waals surface area contributed by atoms with Crippen molar-refractivity contribution in [2.45, 2.75) is 25.1 Å². The number of aromatic nitrogens is 2. The van der Waals surface area contributed by atoms with Gasteiger partial charge in [-0.3, -0.25) is 4.68 Å². The van der Waals surface area contributed by atoms with Crippen molar-refractivity contribution in [2.24, 2.45) is 7.05 Å². The van der Waals surface area contributed by atoms with Crippen molar-refractivity contribution in [1.29, 1.82) is 0 Å². The fourth-order valence-corrected chi connectivity index (χ4v) is 1.40. The van der Waals surface area contributed by atoms with Crippen molar-refractivity contribution in [3.05, 3.63) is 17.5 Å². The number of hydrogen-bond acceptors (Lipinski definition) is 1. The number of halogens is 1. The first-order valence-corrected chi connectivity index (χ1v) is 4.64. The molecule has 1 rings (SSSR count). The molecule has 11 heavy (non-hydrogen) atoms. The number of rotatable bonds is 2. The molecule has 2 nitrogen and oxygen atoms in total. The highest BCUT2D eigenvalue weighted by Gasteiger charge is 2.05. The average Bonchev–Trinajstić information content (AvgIpc) is 2.18. The molecule has 0 saturated carbocycles. The van der Waals surface area contributed by atoms with E-state index in [4.69, 9.17) is 0 Å². The molecular formula is C8H13BrN2. The number of aryl methyl sites for hydroxylation is 1. The van der Waals surface area contributed by atoms with Crippen LogP contribution < -0.4 is 0 Å². The Morgan fingerprint density at radius 1 is 1.73 bits per heavy atom. The van der Waals surface area contributed by atoms with Crippen LogP contribution in [0, 0.1) is 6.92 Å². The molecular weight excluding hydrogens is 204 g/mol. The van der Waals surface area contributed by atoms with Crippen molar-refractivity contribution >= 4 is 15.9 Å². The number of nitrogens with zero attached hydrogens (tertiary/aromatic N) is 2. The van der Waals surface area contributed by atoms with Crippen LogP contribution in [-0.4, -0.2) is 14.6 Å². The molecule has 1 unspecified atom stereocenters. The highest BCUT2D eigenvalue weighted by Crippen LogP contribution is 2.12. The highest BCUT2D eigenvalue weighted by molar-refractivity contribution is 9.09. The highest BCUT2D eigenvalue weighted by atomic mass is 79.9. The van der Waals surface area contributed by atoms with Gasteiger partial charge >= 0.3 is 0 Å². The zero-order valence-electron chi connectivity index (χ0n) is 7.13. The molecule has 0 N–H and O–H groups in total. The summed E-state index contributed by atoms with van der Waals surface area (Å²) in [5, 5.41) is 4.17. The minimum absolute atomic E-state index is 0.533. The molecule has 0 bridgehead atoms. The van der Waals surface area contributed by atoms with Gasteiger partial charge in [0, 0.05) is 17.6 Å². The zero-order valence-corrected chi connectivity index (χ0v) is 8.72. The Labute approximate surface area is 75.7 Å².